The summed E-state index contributed by atoms with van der Waals surface area (Å²) in [6.45, 7) is 2.30. The number of rotatable bonds is 6. The molecule has 2 aromatic carbocycles. The van der Waals surface area contributed by atoms with Gasteiger partial charge in [0, 0.05) is 38.0 Å². The van der Waals surface area contributed by atoms with Crippen LogP contribution < -0.4 is 19.1 Å². The minimum atomic E-state index is -3.27. The van der Waals surface area contributed by atoms with Gasteiger partial charge in [0.15, 0.2) is 26.5 Å². The van der Waals surface area contributed by atoms with Crippen molar-refractivity contribution >= 4 is 42.4 Å². The van der Waals surface area contributed by atoms with Gasteiger partial charge >= 0.3 is 0 Å². The van der Waals surface area contributed by atoms with Crippen LogP contribution in [0.15, 0.2) is 35.2 Å². The van der Waals surface area contributed by atoms with E-state index in [4.69, 9.17) is 14.2 Å². The van der Waals surface area contributed by atoms with Crippen molar-refractivity contribution in [3.8, 4) is 17.2 Å². The Balaban J connectivity index is 1.49. The van der Waals surface area contributed by atoms with Crippen LogP contribution in [0.1, 0.15) is 10.4 Å². The van der Waals surface area contributed by atoms with Gasteiger partial charge < -0.3 is 24.0 Å². The Morgan fingerprint density at radius 1 is 0.970 bits per heavy atom. The summed E-state index contributed by atoms with van der Waals surface area (Å²) in [5, 5.41) is 0.815. The third-order valence-electron chi connectivity index (χ3n) is 5.53. The van der Waals surface area contributed by atoms with Crippen LogP contribution in [-0.4, -0.2) is 78.0 Å². The number of sulfone groups is 1. The lowest BCUT2D eigenvalue weighted by molar-refractivity contribution is 0.0746. The molecule has 4 rings (SSSR count). The Bertz CT molecular complexity index is 1270. The normalized spacial score (nSPS) is 14.4. The fourth-order valence-electron chi connectivity index (χ4n) is 3.75. The Kier molecular flexibility index (Phi) is 6.35. The molecule has 1 fully saturated rings. The van der Waals surface area contributed by atoms with E-state index >= 15 is 0 Å². The molecule has 33 heavy (non-hydrogen) atoms. The van der Waals surface area contributed by atoms with Crippen molar-refractivity contribution in [2.75, 3.05) is 58.7 Å². The number of aromatic nitrogens is 1. The fourth-order valence-corrected chi connectivity index (χ4v) is 5.52. The monoisotopic (exact) mass is 491 g/mol. The molecule has 0 spiro atoms. The highest BCUT2D eigenvalue weighted by molar-refractivity contribution is 7.90. The number of fused-ring (bicyclic) bond motifs is 1. The van der Waals surface area contributed by atoms with E-state index in [9.17, 15) is 13.2 Å². The highest BCUT2D eigenvalue weighted by Crippen LogP contribution is 2.38. The van der Waals surface area contributed by atoms with Crippen molar-refractivity contribution in [3.63, 3.8) is 0 Å². The highest BCUT2D eigenvalue weighted by atomic mass is 32.2. The number of thiazole rings is 1. The van der Waals surface area contributed by atoms with Crippen molar-refractivity contribution in [2.45, 2.75) is 4.90 Å². The van der Waals surface area contributed by atoms with Crippen LogP contribution in [0.25, 0.3) is 10.2 Å². The van der Waals surface area contributed by atoms with Gasteiger partial charge in [-0.3, -0.25) is 4.79 Å². The van der Waals surface area contributed by atoms with E-state index in [0.717, 1.165) is 15.3 Å². The predicted octanol–water partition coefficient (Wildman–Crippen LogP) is 2.69. The van der Waals surface area contributed by atoms with Gasteiger partial charge in [-0.1, -0.05) is 11.3 Å². The first-order valence-electron chi connectivity index (χ1n) is 10.2. The molecule has 9 nitrogen and oxygen atoms in total. The van der Waals surface area contributed by atoms with E-state index in [1.54, 1.807) is 35.2 Å². The second-order valence-corrected chi connectivity index (χ2v) is 10.6. The van der Waals surface area contributed by atoms with Crippen LogP contribution in [0.5, 0.6) is 17.2 Å². The van der Waals surface area contributed by atoms with Gasteiger partial charge in [0.25, 0.3) is 5.91 Å². The SMILES string of the molecule is COc1cc(C(=O)N2CCN(c3nc4ccc(S(C)(=O)=O)cc4s3)CC2)cc(OC)c1OC. The summed E-state index contributed by atoms with van der Waals surface area (Å²) in [4.78, 5) is 22.0. The van der Waals surface area contributed by atoms with E-state index in [-0.39, 0.29) is 10.8 Å². The number of carbonyl (C=O) groups excluding carboxylic acids is 1. The molecule has 176 valence electrons. The van der Waals surface area contributed by atoms with Crippen LogP contribution in [0, 0.1) is 0 Å². The quantitative estimate of drug-likeness (QED) is 0.519. The van der Waals surface area contributed by atoms with Gasteiger partial charge in [-0.2, -0.15) is 0 Å². The highest BCUT2D eigenvalue weighted by Gasteiger charge is 2.26. The van der Waals surface area contributed by atoms with E-state index in [1.807, 2.05) is 0 Å². The lowest BCUT2D eigenvalue weighted by Gasteiger charge is -2.34. The molecule has 2 heterocycles. The largest absolute Gasteiger partial charge is 0.493 e. The van der Waals surface area contributed by atoms with Crippen molar-refractivity contribution in [3.05, 3.63) is 35.9 Å². The van der Waals surface area contributed by atoms with Gasteiger partial charge in [-0.05, 0) is 30.3 Å². The molecule has 3 aromatic rings. The molecule has 0 atom stereocenters. The van der Waals surface area contributed by atoms with Crippen LogP contribution in [0.3, 0.4) is 0 Å². The number of nitrogens with zero attached hydrogens (tertiary/aromatic N) is 3. The maximum Gasteiger partial charge on any atom is 0.254 e. The second kappa shape index (κ2) is 9.06. The third-order valence-corrected chi connectivity index (χ3v) is 7.72. The smallest absolute Gasteiger partial charge is 0.254 e. The molecule has 0 aliphatic carbocycles. The minimum absolute atomic E-state index is 0.115. The molecule has 11 heteroatoms. The molecule has 0 N–H and O–H groups in total. The molecule has 0 bridgehead atoms. The van der Waals surface area contributed by atoms with Gasteiger partial charge in [-0.15, -0.1) is 0 Å². The lowest BCUT2D eigenvalue weighted by Crippen LogP contribution is -2.48. The van der Waals surface area contributed by atoms with E-state index < -0.39 is 9.84 Å². The molecule has 0 radical (unpaired) electrons. The summed E-state index contributed by atoms with van der Waals surface area (Å²) in [6, 6.07) is 8.28. The average Bonchev–Trinajstić information content (AvgIpc) is 3.25. The average molecular weight is 492 g/mol. The van der Waals surface area contributed by atoms with Crippen LogP contribution in [-0.2, 0) is 9.84 Å². The molecule has 1 aliphatic rings. The van der Waals surface area contributed by atoms with Crippen LogP contribution >= 0.6 is 11.3 Å². The Labute approximate surface area is 196 Å². The summed E-state index contributed by atoms with van der Waals surface area (Å²) in [5.41, 5.74) is 1.23. The number of anilines is 1. The zero-order valence-corrected chi connectivity index (χ0v) is 20.5. The molecular weight excluding hydrogens is 466 g/mol. The van der Waals surface area contributed by atoms with E-state index in [2.05, 4.69) is 9.88 Å². The standard InChI is InChI=1S/C22H25N3O6S2/c1-29-17-11-14(12-18(30-2)20(17)31-3)21(26)24-7-9-25(10-8-24)22-23-16-6-5-15(33(4,27)28)13-19(16)32-22/h5-6,11-13H,7-10H2,1-4H3. The van der Waals surface area contributed by atoms with Crippen LogP contribution in [0.2, 0.25) is 0 Å². The molecule has 0 unspecified atom stereocenters. The topological polar surface area (TPSA) is 98.3 Å². The number of carbonyl (C=O) groups is 1. The van der Waals surface area contributed by atoms with Crippen LogP contribution in [0.4, 0.5) is 5.13 Å². The summed E-state index contributed by atoms with van der Waals surface area (Å²) in [5.74, 6) is 1.19. The summed E-state index contributed by atoms with van der Waals surface area (Å²) in [7, 11) is 1.28. The molecule has 0 saturated carbocycles. The third kappa shape index (κ3) is 4.55. The first-order valence-corrected chi connectivity index (χ1v) is 12.9. The Morgan fingerprint density at radius 3 is 2.15 bits per heavy atom. The van der Waals surface area contributed by atoms with Crippen molar-refractivity contribution in [1.82, 2.24) is 9.88 Å². The fraction of sp³-hybridized carbons (Fsp3) is 0.364. The molecular formula is C22H25N3O6S2. The minimum Gasteiger partial charge on any atom is -0.493 e. The maximum atomic E-state index is 13.1. The first-order chi connectivity index (χ1) is 15.7. The maximum absolute atomic E-state index is 13.1. The first kappa shape index (κ1) is 23.1. The second-order valence-electron chi connectivity index (χ2n) is 7.59. The van der Waals surface area contributed by atoms with E-state index in [0.29, 0.717) is 49.0 Å². The number of ether oxygens (including phenoxy) is 3. The molecule has 1 aromatic heterocycles. The number of hydrogen-bond donors (Lipinski definition) is 0. The number of piperazine rings is 1. The predicted molar refractivity (Wildman–Crippen MR) is 127 cm³/mol. The molecule has 1 saturated heterocycles. The number of hydrogen-bond acceptors (Lipinski definition) is 9. The van der Waals surface area contributed by atoms with Gasteiger partial charge in [0.2, 0.25) is 5.75 Å². The summed E-state index contributed by atoms with van der Waals surface area (Å²) >= 11 is 1.45. The molecule has 1 aliphatic heterocycles. The van der Waals surface area contributed by atoms with Gasteiger partial charge in [-0.25, -0.2) is 13.4 Å². The zero-order chi connectivity index (χ0) is 23.8. The van der Waals surface area contributed by atoms with Gasteiger partial charge in [0.1, 0.15) is 0 Å². The number of benzene rings is 2. The summed E-state index contributed by atoms with van der Waals surface area (Å²) < 4.78 is 40.5. The summed E-state index contributed by atoms with van der Waals surface area (Å²) in [6.07, 6.45) is 1.19. The lowest BCUT2D eigenvalue weighted by atomic mass is 10.1. The number of methoxy groups -OCH3 is 3. The number of amides is 1. The molecule has 1 amide bonds. The van der Waals surface area contributed by atoms with Crippen molar-refractivity contribution in [1.29, 1.82) is 0 Å². The van der Waals surface area contributed by atoms with Crippen molar-refractivity contribution in [2.24, 2.45) is 0 Å². The van der Waals surface area contributed by atoms with Gasteiger partial charge in [0.05, 0.1) is 36.4 Å². The van der Waals surface area contributed by atoms with Crippen molar-refractivity contribution < 1.29 is 27.4 Å². The Morgan fingerprint density at radius 2 is 1.61 bits per heavy atom. The zero-order valence-electron chi connectivity index (χ0n) is 18.8. The Hall–Kier alpha value is -3.05. The van der Waals surface area contributed by atoms with E-state index in [1.165, 1.54) is 38.9 Å².